The second-order valence-electron chi connectivity index (χ2n) is 9.20. The Kier molecular flexibility index (Phi) is 7.08. The smallest absolute Gasteiger partial charge is 0.353 e. The van der Waals surface area contributed by atoms with Gasteiger partial charge in [-0.1, -0.05) is 35.4 Å². The number of aliphatic hydroxyl groups is 1. The molecule has 4 aromatic rings. The van der Waals surface area contributed by atoms with Gasteiger partial charge in [0.15, 0.2) is 0 Å². The number of hydrogen-bond acceptors (Lipinski definition) is 9. The van der Waals surface area contributed by atoms with Crippen LogP contribution < -0.4 is 5.69 Å². The lowest BCUT2D eigenvalue weighted by Crippen LogP contribution is -2.32. The van der Waals surface area contributed by atoms with Crippen LogP contribution in [0.5, 0.6) is 0 Å². The molecule has 38 heavy (non-hydrogen) atoms. The van der Waals surface area contributed by atoms with E-state index in [0.29, 0.717) is 16.5 Å². The van der Waals surface area contributed by atoms with E-state index in [4.69, 9.17) is 18.6 Å². The first-order valence-corrected chi connectivity index (χ1v) is 12.1. The van der Waals surface area contributed by atoms with Crippen molar-refractivity contribution in [1.82, 2.24) is 9.55 Å². The van der Waals surface area contributed by atoms with Crippen LogP contribution in [0, 0.1) is 13.8 Å². The topological polar surface area (TPSA) is 130 Å². The SMILES string of the molecule is Cc1ccc(C(=O)OC[C@H]2O[C@@H](n3cc4cc(CO)oc4nc3=O)C[C@@H]2OC(=O)c2ccc(C)cc2)cc1. The molecule has 10 heteroatoms. The largest absolute Gasteiger partial charge is 0.459 e. The summed E-state index contributed by atoms with van der Waals surface area (Å²) in [7, 11) is 0. The number of benzene rings is 2. The van der Waals surface area contributed by atoms with E-state index in [0.717, 1.165) is 11.1 Å². The number of nitrogens with zero attached hydrogens (tertiary/aromatic N) is 2. The first-order chi connectivity index (χ1) is 18.3. The molecule has 3 atom stereocenters. The molecule has 0 amide bonds. The molecular weight excluding hydrogens is 492 g/mol. The Balaban J connectivity index is 1.37. The highest BCUT2D eigenvalue weighted by Crippen LogP contribution is 2.32. The highest BCUT2D eigenvalue weighted by molar-refractivity contribution is 5.90. The van der Waals surface area contributed by atoms with Crippen molar-refractivity contribution >= 4 is 23.0 Å². The second-order valence-corrected chi connectivity index (χ2v) is 9.20. The quantitative estimate of drug-likeness (QED) is 0.366. The molecule has 0 radical (unpaired) electrons. The average Bonchev–Trinajstić information content (AvgIpc) is 3.50. The van der Waals surface area contributed by atoms with Gasteiger partial charge in [0, 0.05) is 12.6 Å². The third-order valence-corrected chi connectivity index (χ3v) is 6.35. The summed E-state index contributed by atoms with van der Waals surface area (Å²) in [5.41, 5.74) is 2.21. The van der Waals surface area contributed by atoms with Crippen LogP contribution in [-0.2, 0) is 20.8 Å². The number of esters is 2. The summed E-state index contributed by atoms with van der Waals surface area (Å²) < 4.78 is 23.9. The molecule has 0 bridgehead atoms. The molecule has 0 aliphatic carbocycles. The van der Waals surface area contributed by atoms with E-state index in [9.17, 15) is 19.5 Å². The molecule has 1 N–H and O–H groups in total. The molecule has 1 aliphatic heterocycles. The minimum absolute atomic E-state index is 0.0965. The molecule has 1 fully saturated rings. The molecule has 3 heterocycles. The maximum atomic E-state index is 12.9. The summed E-state index contributed by atoms with van der Waals surface area (Å²) in [6.45, 7) is 3.29. The number of aryl methyl sites for hydroxylation is 2. The molecular formula is C28H26N2O8. The Hall–Kier alpha value is -4.28. The molecule has 1 saturated heterocycles. The van der Waals surface area contributed by atoms with Crippen molar-refractivity contribution in [3.05, 3.63) is 99.3 Å². The maximum absolute atomic E-state index is 12.9. The van der Waals surface area contributed by atoms with E-state index in [2.05, 4.69) is 4.98 Å². The van der Waals surface area contributed by atoms with Crippen molar-refractivity contribution in [1.29, 1.82) is 0 Å². The first-order valence-electron chi connectivity index (χ1n) is 12.1. The number of carbonyl (C=O) groups is 2. The molecule has 196 valence electrons. The highest BCUT2D eigenvalue weighted by atomic mass is 16.6. The van der Waals surface area contributed by atoms with Crippen molar-refractivity contribution < 1.29 is 33.3 Å². The Morgan fingerprint density at radius 2 is 1.66 bits per heavy atom. The van der Waals surface area contributed by atoms with E-state index in [1.807, 2.05) is 13.8 Å². The summed E-state index contributed by atoms with van der Waals surface area (Å²) in [6, 6.07) is 15.4. The third kappa shape index (κ3) is 5.36. The molecule has 0 spiro atoms. The minimum Gasteiger partial charge on any atom is -0.459 e. The van der Waals surface area contributed by atoms with E-state index < -0.39 is 36.1 Å². The summed E-state index contributed by atoms with van der Waals surface area (Å²) in [4.78, 5) is 42.1. The fraction of sp³-hybridized carbons (Fsp3) is 0.286. The van der Waals surface area contributed by atoms with E-state index >= 15 is 0 Å². The Morgan fingerprint density at radius 3 is 2.29 bits per heavy atom. The van der Waals surface area contributed by atoms with Crippen molar-refractivity contribution in [3.8, 4) is 0 Å². The average molecular weight is 519 g/mol. The van der Waals surface area contributed by atoms with Gasteiger partial charge in [0.2, 0.25) is 5.71 Å². The molecule has 1 aliphatic rings. The van der Waals surface area contributed by atoms with Crippen molar-refractivity contribution in [2.75, 3.05) is 6.61 Å². The molecule has 2 aromatic heterocycles. The second kappa shape index (κ2) is 10.6. The fourth-order valence-corrected chi connectivity index (χ4v) is 4.23. The molecule has 0 saturated carbocycles. The van der Waals surface area contributed by atoms with Crippen molar-refractivity contribution in [2.45, 2.75) is 45.3 Å². The van der Waals surface area contributed by atoms with Gasteiger partial charge in [0.05, 0.1) is 16.5 Å². The summed E-state index contributed by atoms with van der Waals surface area (Å²) in [5.74, 6) is -0.837. The van der Waals surface area contributed by atoms with Crippen LogP contribution in [0.25, 0.3) is 11.1 Å². The van der Waals surface area contributed by atoms with Gasteiger partial charge in [0.25, 0.3) is 0 Å². The van der Waals surface area contributed by atoms with Crippen LogP contribution in [0.4, 0.5) is 0 Å². The Bertz CT molecular complexity index is 1520. The molecule has 5 rings (SSSR count). The van der Waals surface area contributed by atoms with Gasteiger partial charge in [-0.3, -0.25) is 4.57 Å². The lowest BCUT2D eigenvalue weighted by atomic mass is 10.1. The third-order valence-electron chi connectivity index (χ3n) is 6.35. The minimum atomic E-state index is -0.842. The Labute approximate surface area is 217 Å². The monoisotopic (exact) mass is 518 g/mol. The normalized spacial score (nSPS) is 19.0. The van der Waals surface area contributed by atoms with Crippen LogP contribution in [-0.4, -0.2) is 45.4 Å². The van der Waals surface area contributed by atoms with Gasteiger partial charge in [-0.25, -0.2) is 14.4 Å². The van der Waals surface area contributed by atoms with E-state index in [-0.39, 0.29) is 31.1 Å². The highest BCUT2D eigenvalue weighted by Gasteiger charge is 2.40. The predicted octanol–water partition coefficient (Wildman–Crippen LogP) is 3.47. The van der Waals surface area contributed by atoms with Crippen LogP contribution in [0.1, 0.15) is 50.3 Å². The number of aliphatic hydroxyl groups excluding tert-OH is 1. The van der Waals surface area contributed by atoms with Gasteiger partial charge in [0.1, 0.15) is 37.4 Å². The standard InChI is InChI=1S/C28H26N2O8/c1-16-3-7-18(8-4-16)26(32)35-15-23-22(38-27(33)19-9-5-17(2)6-10-19)12-24(37-23)30-13-20-11-21(14-31)36-25(20)29-28(30)34/h3-11,13,22-24,31H,12,14-15H2,1-2H3/t22-,23+,24+/m0/s1. The lowest BCUT2D eigenvalue weighted by Gasteiger charge is -2.19. The molecule has 10 nitrogen and oxygen atoms in total. The molecule has 2 aromatic carbocycles. The molecule has 0 unspecified atom stereocenters. The number of furan rings is 1. The van der Waals surface area contributed by atoms with Crippen LogP contribution in [0.2, 0.25) is 0 Å². The van der Waals surface area contributed by atoms with Crippen LogP contribution in [0.3, 0.4) is 0 Å². The summed E-state index contributed by atoms with van der Waals surface area (Å²) >= 11 is 0. The zero-order valence-corrected chi connectivity index (χ0v) is 20.8. The zero-order chi connectivity index (χ0) is 26.8. The maximum Gasteiger partial charge on any atom is 0.353 e. The fourth-order valence-electron chi connectivity index (χ4n) is 4.23. The van der Waals surface area contributed by atoms with Crippen molar-refractivity contribution in [3.63, 3.8) is 0 Å². The number of carbonyl (C=O) groups excluding carboxylic acids is 2. The number of hydrogen-bond donors (Lipinski definition) is 1. The van der Waals surface area contributed by atoms with E-state index in [1.165, 1.54) is 10.8 Å². The summed E-state index contributed by atoms with van der Waals surface area (Å²) in [5, 5.41) is 9.83. The van der Waals surface area contributed by atoms with Gasteiger partial charge < -0.3 is 23.7 Å². The van der Waals surface area contributed by atoms with Crippen LogP contribution in [0.15, 0.2) is 70.0 Å². The van der Waals surface area contributed by atoms with Gasteiger partial charge in [-0.05, 0) is 44.2 Å². The van der Waals surface area contributed by atoms with Crippen molar-refractivity contribution in [2.24, 2.45) is 0 Å². The number of rotatable bonds is 7. The Morgan fingerprint density at radius 1 is 1.03 bits per heavy atom. The number of ether oxygens (including phenoxy) is 3. The first kappa shape index (κ1) is 25.4. The van der Waals surface area contributed by atoms with Crippen LogP contribution >= 0.6 is 0 Å². The predicted molar refractivity (Wildman–Crippen MR) is 135 cm³/mol. The van der Waals surface area contributed by atoms with Gasteiger partial charge in [-0.2, -0.15) is 4.98 Å². The van der Waals surface area contributed by atoms with Gasteiger partial charge >= 0.3 is 17.6 Å². The lowest BCUT2D eigenvalue weighted by molar-refractivity contribution is -0.0581. The summed E-state index contributed by atoms with van der Waals surface area (Å²) in [6.07, 6.45) is -0.839. The number of fused-ring (bicyclic) bond motifs is 1. The van der Waals surface area contributed by atoms with E-state index in [1.54, 1.807) is 54.6 Å². The zero-order valence-electron chi connectivity index (χ0n) is 20.8. The van der Waals surface area contributed by atoms with Gasteiger partial charge in [-0.15, -0.1) is 0 Å². The number of aromatic nitrogens is 2.